The van der Waals surface area contributed by atoms with Crippen molar-refractivity contribution in [1.82, 2.24) is 15.1 Å². The van der Waals surface area contributed by atoms with Gasteiger partial charge >= 0.3 is 0 Å². The second-order valence-electron chi connectivity index (χ2n) is 7.12. The molecule has 2 saturated heterocycles. The Morgan fingerprint density at radius 1 is 0.917 bits per heavy atom. The molecule has 0 aromatic heterocycles. The van der Waals surface area contributed by atoms with Gasteiger partial charge in [0, 0.05) is 44.8 Å². The molecular weight excluding hydrogens is 294 g/mol. The molecule has 2 aliphatic rings. The van der Waals surface area contributed by atoms with Crippen LogP contribution in [0.3, 0.4) is 0 Å². The maximum atomic E-state index is 3.50. The Balaban J connectivity index is 1.52. The van der Waals surface area contributed by atoms with Gasteiger partial charge in [0.25, 0.3) is 0 Å². The second-order valence-corrected chi connectivity index (χ2v) is 7.12. The van der Waals surface area contributed by atoms with Crippen molar-refractivity contribution in [2.45, 2.75) is 25.0 Å². The van der Waals surface area contributed by atoms with Crippen molar-refractivity contribution < 1.29 is 0 Å². The zero-order valence-electron chi connectivity index (χ0n) is 14.4. The molecule has 3 heteroatoms. The quantitative estimate of drug-likeness (QED) is 0.934. The minimum atomic E-state index is 0.377. The number of benzene rings is 2. The van der Waals surface area contributed by atoms with Gasteiger partial charge in [-0.15, -0.1) is 0 Å². The van der Waals surface area contributed by atoms with Crippen LogP contribution in [-0.4, -0.2) is 54.6 Å². The SMILES string of the molecule is C[C@H]1CNCCN1C1CN(C(c2ccccc2)c2ccccc2)C1. The fourth-order valence-corrected chi connectivity index (χ4v) is 4.19. The van der Waals surface area contributed by atoms with Crippen LogP contribution in [0, 0.1) is 0 Å². The van der Waals surface area contributed by atoms with Gasteiger partial charge < -0.3 is 5.32 Å². The first-order chi connectivity index (χ1) is 11.8. The molecule has 2 aliphatic heterocycles. The average molecular weight is 321 g/mol. The molecule has 0 saturated carbocycles. The van der Waals surface area contributed by atoms with Crippen LogP contribution in [0.15, 0.2) is 60.7 Å². The van der Waals surface area contributed by atoms with Crippen LogP contribution in [0.2, 0.25) is 0 Å². The largest absolute Gasteiger partial charge is 0.314 e. The van der Waals surface area contributed by atoms with E-state index in [2.05, 4.69) is 82.7 Å². The van der Waals surface area contributed by atoms with E-state index in [-0.39, 0.29) is 0 Å². The van der Waals surface area contributed by atoms with Crippen LogP contribution in [-0.2, 0) is 0 Å². The number of rotatable bonds is 4. The molecule has 2 aromatic carbocycles. The Morgan fingerprint density at radius 3 is 2.04 bits per heavy atom. The Bertz CT molecular complexity index is 597. The topological polar surface area (TPSA) is 18.5 Å². The molecule has 1 atom stereocenters. The van der Waals surface area contributed by atoms with Crippen LogP contribution >= 0.6 is 0 Å². The Morgan fingerprint density at radius 2 is 1.50 bits per heavy atom. The van der Waals surface area contributed by atoms with E-state index < -0.39 is 0 Å². The van der Waals surface area contributed by atoms with E-state index in [0.717, 1.165) is 13.1 Å². The van der Waals surface area contributed by atoms with Crippen LogP contribution in [0.4, 0.5) is 0 Å². The summed E-state index contributed by atoms with van der Waals surface area (Å²) in [5, 5.41) is 3.50. The molecule has 2 heterocycles. The fraction of sp³-hybridized carbons (Fsp3) is 0.429. The molecule has 126 valence electrons. The number of hydrogen-bond donors (Lipinski definition) is 1. The van der Waals surface area contributed by atoms with Gasteiger partial charge in [0.1, 0.15) is 0 Å². The molecular formula is C21H27N3. The summed E-state index contributed by atoms with van der Waals surface area (Å²) < 4.78 is 0. The first kappa shape index (κ1) is 15.8. The van der Waals surface area contributed by atoms with E-state index in [1.165, 1.54) is 30.8 Å². The van der Waals surface area contributed by atoms with Crippen molar-refractivity contribution in [2.75, 3.05) is 32.7 Å². The number of likely N-dealkylation sites (tertiary alicyclic amines) is 1. The van der Waals surface area contributed by atoms with Crippen molar-refractivity contribution in [3.05, 3.63) is 71.8 Å². The first-order valence-electron chi connectivity index (χ1n) is 9.13. The standard InChI is InChI=1S/C21H27N3/c1-17-14-22-12-13-24(17)20-15-23(16-20)21(18-8-4-2-5-9-18)19-10-6-3-7-11-19/h2-11,17,20-22H,12-16H2,1H3/t17-/m0/s1. The molecule has 0 unspecified atom stereocenters. The zero-order chi connectivity index (χ0) is 16.4. The molecule has 2 aromatic rings. The molecule has 0 amide bonds. The lowest BCUT2D eigenvalue weighted by atomic mass is 9.92. The molecule has 3 nitrogen and oxygen atoms in total. The molecule has 0 bridgehead atoms. The summed E-state index contributed by atoms with van der Waals surface area (Å²) >= 11 is 0. The lowest BCUT2D eigenvalue weighted by Gasteiger charge is -2.52. The maximum absolute atomic E-state index is 3.50. The van der Waals surface area contributed by atoms with Gasteiger partial charge in [0.2, 0.25) is 0 Å². The summed E-state index contributed by atoms with van der Waals surface area (Å²) in [6.07, 6.45) is 0. The summed E-state index contributed by atoms with van der Waals surface area (Å²) in [7, 11) is 0. The van der Waals surface area contributed by atoms with E-state index in [9.17, 15) is 0 Å². The maximum Gasteiger partial charge on any atom is 0.0602 e. The first-order valence-corrected chi connectivity index (χ1v) is 9.13. The van der Waals surface area contributed by atoms with Gasteiger partial charge in [-0.05, 0) is 18.1 Å². The normalized spacial score (nSPS) is 23.3. The van der Waals surface area contributed by atoms with Crippen LogP contribution in [0.25, 0.3) is 0 Å². The van der Waals surface area contributed by atoms with Gasteiger partial charge in [0.05, 0.1) is 6.04 Å². The third kappa shape index (κ3) is 3.12. The van der Waals surface area contributed by atoms with Crippen LogP contribution < -0.4 is 5.32 Å². The summed E-state index contributed by atoms with van der Waals surface area (Å²) in [4.78, 5) is 5.32. The van der Waals surface area contributed by atoms with E-state index >= 15 is 0 Å². The van der Waals surface area contributed by atoms with Crippen molar-refractivity contribution in [2.24, 2.45) is 0 Å². The molecule has 24 heavy (non-hydrogen) atoms. The predicted molar refractivity (Wildman–Crippen MR) is 99.1 cm³/mol. The monoisotopic (exact) mass is 321 g/mol. The van der Waals surface area contributed by atoms with Crippen molar-refractivity contribution in [1.29, 1.82) is 0 Å². The highest BCUT2D eigenvalue weighted by molar-refractivity contribution is 5.32. The minimum Gasteiger partial charge on any atom is -0.314 e. The van der Waals surface area contributed by atoms with Crippen LogP contribution in [0.5, 0.6) is 0 Å². The summed E-state index contributed by atoms with van der Waals surface area (Å²) in [5.74, 6) is 0. The van der Waals surface area contributed by atoms with Crippen molar-refractivity contribution in [3.63, 3.8) is 0 Å². The second kappa shape index (κ2) is 7.06. The van der Waals surface area contributed by atoms with Crippen molar-refractivity contribution in [3.8, 4) is 0 Å². The minimum absolute atomic E-state index is 0.377. The van der Waals surface area contributed by atoms with E-state index in [0.29, 0.717) is 18.1 Å². The lowest BCUT2D eigenvalue weighted by molar-refractivity contribution is -0.0123. The molecule has 0 radical (unpaired) electrons. The number of piperazine rings is 1. The van der Waals surface area contributed by atoms with Gasteiger partial charge in [-0.25, -0.2) is 0 Å². The van der Waals surface area contributed by atoms with Crippen LogP contribution in [0.1, 0.15) is 24.1 Å². The fourth-order valence-electron chi connectivity index (χ4n) is 4.19. The Hall–Kier alpha value is -1.68. The average Bonchev–Trinajstić information content (AvgIpc) is 2.60. The zero-order valence-corrected chi connectivity index (χ0v) is 14.4. The Labute approximate surface area is 145 Å². The summed E-state index contributed by atoms with van der Waals surface area (Å²) in [6, 6.07) is 23.6. The highest BCUT2D eigenvalue weighted by atomic mass is 15.4. The molecule has 0 aliphatic carbocycles. The third-order valence-electron chi connectivity index (χ3n) is 5.51. The molecule has 1 N–H and O–H groups in total. The summed E-state index contributed by atoms with van der Waals surface area (Å²) in [6.45, 7) is 8.11. The smallest absolute Gasteiger partial charge is 0.0602 e. The molecule has 2 fully saturated rings. The lowest BCUT2D eigenvalue weighted by Crippen LogP contribution is -2.65. The highest BCUT2D eigenvalue weighted by Gasteiger charge is 2.39. The third-order valence-corrected chi connectivity index (χ3v) is 5.51. The van der Waals surface area contributed by atoms with E-state index in [1.54, 1.807) is 0 Å². The van der Waals surface area contributed by atoms with Gasteiger partial charge in [0.15, 0.2) is 0 Å². The molecule has 4 rings (SSSR count). The highest BCUT2D eigenvalue weighted by Crippen LogP contribution is 2.34. The summed E-state index contributed by atoms with van der Waals surface area (Å²) in [5.41, 5.74) is 2.80. The van der Waals surface area contributed by atoms with E-state index in [1.807, 2.05) is 0 Å². The van der Waals surface area contributed by atoms with E-state index in [4.69, 9.17) is 0 Å². The van der Waals surface area contributed by atoms with Crippen molar-refractivity contribution >= 4 is 0 Å². The number of nitrogens with one attached hydrogen (secondary N) is 1. The number of hydrogen-bond acceptors (Lipinski definition) is 3. The molecule has 0 spiro atoms. The van der Waals surface area contributed by atoms with Gasteiger partial charge in [-0.2, -0.15) is 0 Å². The number of nitrogens with zero attached hydrogens (tertiary/aromatic N) is 2. The van der Waals surface area contributed by atoms with Gasteiger partial charge in [-0.1, -0.05) is 60.7 Å². The Kier molecular flexibility index (Phi) is 4.65. The van der Waals surface area contributed by atoms with Gasteiger partial charge in [-0.3, -0.25) is 9.80 Å². The predicted octanol–water partition coefficient (Wildman–Crippen LogP) is 2.75.